The average Bonchev–Trinajstić information content (AvgIpc) is 2.89. The van der Waals surface area contributed by atoms with Crippen molar-refractivity contribution in [2.45, 2.75) is 33.2 Å². The van der Waals surface area contributed by atoms with Gasteiger partial charge in [-0.15, -0.1) is 10.2 Å². The highest BCUT2D eigenvalue weighted by Crippen LogP contribution is 2.10. The molecule has 0 N–H and O–H groups in total. The fraction of sp³-hybridized carbons (Fsp3) is 0.429. The van der Waals surface area contributed by atoms with Gasteiger partial charge >= 0.3 is 0 Å². The number of aromatic nitrogens is 4. The first-order valence-electron chi connectivity index (χ1n) is 6.64. The molecule has 0 spiro atoms. The molecule has 6 heteroatoms. The third kappa shape index (κ3) is 3.01. The van der Waals surface area contributed by atoms with Crippen molar-refractivity contribution < 1.29 is 9.53 Å². The molecule has 2 aromatic heterocycles. The number of methoxy groups -OCH3 is 1. The zero-order chi connectivity index (χ0) is 14.5. The van der Waals surface area contributed by atoms with Crippen molar-refractivity contribution in [3.63, 3.8) is 0 Å². The molecule has 0 aliphatic heterocycles. The van der Waals surface area contributed by atoms with Gasteiger partial charge in [-0.3, -0.25) is 9.48 Å². The lowest BCUT2D eigenvalue weighted by Crippen LogP contribution is -2.11. The standard InChI is InChI=1S/C14H18N4O2/c1-4-10-8-11(18(5-2)17-10)9-13(19)12-6-7-14(20-3)16-15-12/h6-8H,4-5,9H2,1-3H3. The molecule has 0 atom stereocenters. The molecule has 2 rings (SSSR count). The van der Waals surface area contributed by atoms with Gasteiger partial charge in [0.15, 0.2) is 5.78 Å². The maximum Gasteiger partial charge on any atom is 0.233 e. The molecular weight excluding hydrogens is 256 g/mol. The van der Waals surface area contributed by atoms with Crippen LogP contribution in [0.4, 0.5) is 0 Å². The summed E-state index contributed by atoms with van der Waals surface area (Å²) in [5.41, 5.74) is 2.25. The van der Waals surface area contributed by atoms with Crippen LogP contribution in [0.2, 0.25) is 0 Å². The summed E-state index contributed by atoms with van der Waals surface area (Å²) in [5.74, 6) is 0.325. The van der Waals surface area contributed by atoms with Crippen molar-refractivity contribution in [3.8, 4) is 5.88 Å². The van der Waals surface area contributed by atoms with E-state index in [1.807, 2.05) is 24.6 Å². The SMILES string of the molecule is CCc1cc(CC(=O)c2ccc(OC)nn2)n(CC)n1. The van der Waals surface area contributed by atoms with Gasteiger partial charge in [-0.25, -0.2) is 0 Å². The summed E-state index contributed by atoms with van der Waals surface area (Å²) in [5, 5.41) is 12.1. The Bertz CT molecular complexity index is 590. The van der Waals surface area contributed by atoms with Gasteiger partial charge in [0.05, 0.1) is 19.2 Å². The lowest BCUT2D eigenvalue weighted by Gasteiger charge is -2.03. The fourth-order valence-corrected chi connectivity index (χ4v) is 1.94. The van der Waals surface area contributed by atoms with Gasteiger partial charge < -0.3 is 4.74 Å². The van der Waals surface area contributed by atoms with Gasteiger partial charge in [0.2, 0.25) is 5.88 Å². The zero-order valence-corrected chi connectivity index (χ0v) is 12.0. The molecule has 0 unspecified atom stereocenters. The zero-order valence-electron chi connectivity index (χ0n) is 12.0. The van der Waals surface area contributed by atoms with Crippen LogP contribution in [0.1, 0.15) is 35.7 Å². The summed E-state index contributed by atoms with van der Waals surface area (Å²) in [6.07, 6.45) is 1.14. The van der Waals surface area contributed by atoms with Crippen molar-refractivity contribution in [1.82, 2.24) is 20.0 Å². The Morgan fingerprint density at radius 3 is 2.65 bits per heavy atom. The van der Waals surface area contributed by atoms with E-state index in [0.717, 1.165) is 24.4 Å². The van der Waals surface area contributed by atoms with E-state index in [0.29, 0.717) is 11.6 Å². The lowest BCUT2D eigenvalue weighted by atomic mass is 10.1. The summed E-state index contributed by atoms with van der Waals surface area (Å²) in [4.78, 5) is 12.2. The van der Waals surface area contributed by atoms with E-state index in [1.54, 1.807) is 12.1 Å². The number of rotatable bonds is 6. The number of nitrogens with zero attached hydrogens (tertiary/aromatic N) is 4. The molecule has 6 nitrogen and oxygen atoms in total. The molecule has 0 amide bonds. The Labute approximate surface area is 117 Å². The molecule has 2 heterocycles. The minimum atomic E-state index is -0.0718. The van der Waals surface area contributed by atoms with E-state index >= 15 is 0 Å². The van der Waals surface area contributed by atoms with Crippen molar-refractivity contribution >= 4 is 5.78 Å². The maximum absolute atomic E-state index is 12.2. The van der Waals surface area contributed by atoms with Crippen molar-refractivity contribution in [2.75, 3.05) is 7.11 Å². The summed E-state index contributed by atoms with van der Waals surface area (Å²) in [7, 11) is 1.51. The first kappa shape index (κ1) is 14.2. The van der Waals surface area contributed by atoms with E-state index in [9.17, 15) is 4.79 Å². The molecule has 0 aliphatic rings. The van der Waals surface area contributed by atoms with E-state index in [-0.39, 0.29) is 12.2 Å². The number of aryl methyl sites for hydroxylation is 2. The Morgan fingerprint density at radius 2 is 2.10 bits per heavy atom. The number of carbonyl (C=O) groups is 1. The molecule has 0 radical (unpaired) electrons. The average molecular weight is 274 g/mol. The van der Waals surface area contributed by atoms with Gasteiger partial charge in [0, 0.05) is 18.3 Å². The predicted molar refractivity (Wildman–Crippen MR) is 73.9 cm³/mol. The topological polar surface area (TPSA) is 69.9 Å². The second-order valence-corrected chi connectivity index (χ2v) is 4.36. The van der Waals surface area contributed by atoms with Crippen LogP contribution in [-0.2, 0) is 19.4 Å². The predicted octanol–water partition coefficient (Wildman–Crippen LogP) is 1.69. The molecule has 0 saturated carbocycles. The number of hydrogen-bond donors (Lipinski definition) is 0. The molecule has 0 bridgehead atoms. The summed E-state index contributed by atoms with van der Waals surface area (Å²) < 4.78 is 6.78. The first-order chi connectivity index (χ1) is 9.67. The van der Waals surface area contributed by atoms with Crippen LogP contribution in [0.25, 0.3) is 0 Å². The second-order valence-electron chi connectivity index (χ2n) is 4.36. The fourth-order valence-electron chi connectivity index (χ4n) is 1.94. The number of Topliss-reactive ketones (excluding diaryl/α,β-unsaturated/α-hetero) is 1. The van der Waals surface area contributed by atoms with Crippen molar-refractivity contribution in [3.05, 3.63) is 35.3 Å². The molecular formula is C14H18N4O2. The molecule has 0 saturated heterocycles. The number of ether oxygens (including phenoxy) is 1. The van der Waals surface area contributed by atoms with Crippen LogP contribution in [0.5, 0.6) is 5.88 Å². The highest BCUT2D eigenvalue weighted by Gasteiger charge is 2.14. The Balaban J connectivity index is 2.15. The van der Waals surface area contributed by atoms with E-state index in [2.05, 4.69) is 15.3 Å². The van der Waals surface area contributed by atoms with Gasteiger partial charge in [0.25, 0.3) is 0 Å². The monoisotopic (exact) mass is 274 g/mol. The van der Waals surface area contributed by atoms with E-state index in [4.69, 9.17) is 4.74 Å². The van der Waals surface area contributed by atoms with Crippen LogP contribution < -0.4 is 4.74 Å². The van der Waals surface area contributed by atoms with Gasteiger partial charge in [-0.05, 0) is 25.5 Å². The Morgan fingerprint density at radius 1 is 1.30 bits per heavy atom. The number of ketones is 1. The Kier molecular flexibility index (Phi) is 4.45. The van der Waals surface area contributed by atoms with Crippen LogP contribution in [-0.4, -0.2) is 32.9 Å². The molecule has 2 aromatic rings. The summed E-state index contributed by atoms with van der Waals surface area (Å²) >= 11 is 0. The minimum absolute atomic E-state index is 0.0718. The summed E-state index contributed by atoms with van der Waals surface area (Å²) in [6.45, 7) is 4.80. The van der Waals surface area contributed by atoms with E-state index in [1.165, 1.54) is 7.11 Å². The highest BCUT2D eigenvalue weighted by atomic mass is 16.5. The van der Waals surface area contributed by atoms with Crippen molar-refractivity contribution in [2.24, 2.45) is 0 Å². The van der Waals surface area contributed by atoms with E-state index < -0.39 is 0 Å². The second kappa shape index (κ2) is 6.27. The number of carbonyl (C=O) groups excluding carboxylic acids is 1. The van der Waals surface area contributed by atoms with Crippen LogP contribution >= 0.6 is 0 Å². The van der Waals surface area contributed by atoms with Crippen LogP contribution in [0.15, 0.2) is 18.2 Å². The highest BCUT2D eigenvalue weighted by molar-refractivity contribution is 5.95. The molecule has 20 heavy (non-hydrogen) atoms. The molecule has 106 valence electrons. The van der Waals surface area contributed by atoms with Gasteiger partial charge in [0.1, 0.15) is 5.69 Å². The smallest absolute Gasteiger partial charge is 0.233 e. The quantitative estimate of drug-likeness (QED) is 0.750. The lowest BCUT2D eigenvalue weighted by molar-refractivity contribution is 0.0984. The largest absolute Gasteiger partial charge is 0.480 e. The van der Waals surface area contributed by atoms with Gasteiger partial charge in [-0.1, -0.05) is 6.92 Å². The number of hydrogen-bond acceptors (Lipinski definition) is 5. The van der Waals surface area contributed by atoms with Crippen molar-refractivity contribution in [1.29, 1.82) is 0 Å². The summed E-state index contributed by atoms with van der Waals surface area (Å²) in [6, 6.07) is 5.23. The van der Waals surface area contributed by atoms with Gasteiger partial charge in [-0.2, -0.15) is 5.10 Å². The van der Waals surface area contributed by atoms with Crippen LogP contribution in [0, 0.1) is 0 Å². The first-order valence-corrected chi connectivity index (χ1v) is 6.64. The minimum Gasteiger partial charge on any atom is -0.480 e. The molecule has 0 aliphatic carbocycles. The third-order valence-corrected chi connectivity index (χ3v) is 3.05. The third-order valence-electron chi connectivity index (χ3n) is 3.05. The normalized spacial score (nSPS) is 10.6. The molecule has 0 fully saturated rings. The van der Waals surface area contributed by atoms with Crippen LogP contribution in [0.3, 0.4) is 0 Å². The molecule has 0 aromatic carbocycles. The Hall–Kier alpha value is -2.24. The maximum atomic E-state index is 12.2.